The fourth-order valence-electron chi connectivity index (χ4n) is 2.08. The number of ether oxygens (including phenoxy) is 1. The van der Waals surface area contributed by atoms with Gasteiger partial charge in [0, 0.05) is 11.8 Å². The number of nitrogens with one attached hydrogen (secondary N) is 1. The molecule has 1 amide bonds. The van der Waals surface area contributed by atoms with Crippen LogP contribution in [0.4, 0.5) is 0 Å². The van der Waals surface area contributed by atoms with E-state index < -0.39 is 9.84 Å². The van der Waals surface area contributed by atoms with E-state index in [2.05, 4.69) is 10.5 Å². The first-order valence-electron chi connectivity index (χ1n) is 7.69. The van der Waals surface area contributed by atoms with Gasteiger partial charge in [-0.2, -0.15) is 5.10 Å². The Hall–Kier alpha value is -2.67. The molecular formula is C18H20N2O4S. The minimum absolute atomic E-state index is 0.238. The van der Waals surface area contributed by atoms with Gasteiger partial charge in [0.15, 0.2) is 9.84 Å². The average Bonchev–Trinajstić information content (AvgIpc) is 2.59. The lowest BCUT2D eigenvalue weighted by molar-refractivity contribution is 0.0955. The van der Waals surface area contributed by atoms with Gasteiger partial charge in [0.05, 0.1) is 17.2 Å². The van der Waals surface area contributed by atoms with Gasteiger partial charge in [-0.3, -0.25) is 4.79 Å². The lowest BCUT2D eigenvalue weighted by Gasteiger charge is -2.06. The summed E-state index contributed by atoms with van der Waals surface area (Å²) >= 11 is 0. The lowest BCUT2D eigenvalue weighted by atomic mass is 10.1. The third-order valence-corrected chi connectivity index (χ3v) is 4.58. The van der Waals surface area contributed by atoms with Crippen molar-refractivity contribution in [3.8, 4) is 5.75 Å². The Morgan fingerprint density at radius 3 is 2.12 bits per heavy atom. The van der Waals surface area contributed by atoms with Crippen LogP contribution in [0, 0.1) is 0 Å². The van der Waals surface area contributed by atoms with E-state index >= 15 is 0 Å². The van der Waals surface area contributed by atoms with Crippen molar-refractivity contribution in [3.63, 3.8) is 0 Å². The molecule has 0 saturated heterocycles. The van der Waals surface area contributed by atoms with Gasteiger partial charge >= 0.3 is 0 Å². The Bertz CT molecular complexity index is 870. The highest BCUT2D eigenvalue weighted by molar-refractivity contribution is 7.90. The zero-order chi connectivity index (χ0) is 18.4. The summed E-state index contributed by atoms with van der Waals surface area (Å²) in [5.41, 5.74) is 4.24. The van der Waals surface area contributed by atoms with Gasteiger partial charge in [0.25, 0.3) is 5.91 Å². The maximum Gasteiger partial charge on any atom is 0.271 e. The van der Waals surface area contributed by atoms with Crippen LogP contribution in [-0.2, 0) is 9.84 Å². The normalized spacial score (nSPS) is 11.9. The predicted octanol–water partition coefficient (Wildman–Crippen LogP) is 2.64. The molecule has 0 aliphatic heterocycles. The first-order chi connectivity index (χ1) is 11.8. The summed E-state index contributed by atoms with van der Waals surface area (Å²) in [5.74, 6) is 0.361. The van der Waals surface area contributed by atoms with E-state index in [1.165, 1.54) is 12.1 Å². The number of amides is 1. The number of benzene rings is 2. The number of hydrazone groups is 1. The molecule has 0 aliphatic carbocycles. The summed E-state index contributed by atoms with van der Waals surface area (Å²) in [5, 5.41) is 4.06. The third-order valence-electron chi connectivity index (χ3n) is 3.45. The molecule has 0 unspecified atom stereocenters. The number of sulfone groups is 1. The van der Waals surface area contributed by atoms with Gasteiger partial charge < -0.3 is 4.74 Å². The topological polar surface area (TPSA) is 84.8 Å². The van der Waals surface area contributed by atoms with Crippen LogP contribution in [0.15, 0.2) is 58.5 Å². The standard InChI is InChI=1S/C18H20N2O4S/c1-4-24-16-9-5-15(6-10-16)18(21)20-19-13(2)14-7-11-17(12-8-14)25(3,22)23/h5-12H,4H2,1-3H3,(H,20,21)/b19-13-. The van der Waals surface area contributed by atoms with Gasteiger partial charge in [0.2, 0.25) is 0 Å². The van der Waals surface area contributed by atoms with Gasteiger partial charge in [0.1, 0.15) is 5.75 Å². The Kier molecular flexibility index (Phi) is 5.93. The summed E-state index contributed by atoms with van der Waals surface area (Å²) in [6.45, 7) is 4.18. The molecule has 0 atom stereocenters. The second-order valence-electron chi connectivity index (χ2n) is 5.39. The maximum atomic E-state index is 12.1. The molecule has 0 spiro atoms. The highest BCUT2D eigenvalue weighted by atomic mass is 32.2. The molecule has 2 aromatic carbocycles. The highest BCUT2D eigenvalue weighted by Crippen LogP contribution is 2.13. The molecule has 2 rings (SSSR count). The van der Waals surface area contributed by atoms with Crippen LogP contribution in [0.1, 0.15) is 29.8 Å². The van der Waals surface area contributed by atoms with Crippen LogP contribution < -0.4 is 10.2 Å². The Morgan fingerprint density at radius 1 is 1.04 bits per heavy atom. The van der Waals surface area contributed by atoms with Crippen molar-refractivity contribution < 1.29 is 17.9 Å². The van der Waals surface area contributed by atoms with Gasteiger partial charge in [-0.1, -0.05) is 12.1 Å². The summed E-state index contributed by atoms with van der Waals surface area (Å²) in [6.07, 6.45) is 1.15. The number of rotatable bonds is 6. The Balaban J connectivity index is 2.06. The monoisotopic (exact) mass is 360 g/mol. The molecule has 0 saturated carbocycles. The fraction of sp³-hybridized carbons (Fsp3) is 0.222. The Morgan fingerprint density at radius 2 is 1.60 bits per heavy atom. The van der Waals surface area contributed by atoms with Crippen LogP contribution >= 0.6 is 0 Å². The van der Waals surface area contributed by atoms with Crippen LogP contribution in [0.3, 0.4) is 0 Å². The van der Waals surface area contributed by atoms with Crippen molar-refractivity contribution in [2.45, 2.75) is 18.7 Å². The summed E-state index contributed by atoms with van der Waals surface area (Å²) < 4.78 is 28.2. The number of hydrogen-bond donors (Lipinski definition) is 1. The quantitative estimate of drug-likeness (QED) is 0.634. The largest absolute Gasteiger partial charge is 0.494 e. The predicted molar refractivity (Wildman–Crippen MR) is 96.8 cm³/mol. The molecule has 0 aromatic heterocycles. The highest BCUT2D eigenvalue weighted by Gasteiger charge is 2.08. The van der Waals surface area contributed by atoms with Crippen LogP contribution in [0.25, 0.3) is 0 Å². The van der Waals surface area contributed by atoms with Crippen molar-refractivity contribution in [2.75, 3.05) is 12.9 Å². The van der Waals surface area contributed by atoms with Crippen LogP contribution in [0.5, 0.6) is 5.75 Å². The molecule has 0 aliphatic rings. The smallest absolute Gasteiger partial charge is 0.271 e. The minimum Gasteiger partial charge on any atom is -0.494 e. The number of hydrogen-bond acceptors (Lipinski definition) is 5. The zero-order valence-electron chi connectivity index (χ0n) is 14.3. The second-order valence-corrected chi connectivity index (χ2v) is 7.41. The first-order valence-corrected chi connectivity index (χ1v) is 9.58. The average molecular weight is 360 g/mol. The van der Waals surface area contributed by atoms with Crippen molar-refractivity contribution in [1.82, 2.24) is 5.43 Å². The summed E-state index contributed by atoms with van der Waals surface area (Å²) in [4.78, 5) is 12.3. The van der Waals surface area contributed by atoms with E-state index in [0.717, 1.165) is 11.8 Å². The van der Waals surface area contributed by atoms with E-state index in [1.54, 1.807) is 43.3 Å². The second kappa shape index (κ2) is 7.94. The van der Waals surface area contributed by atoms with E-state index in [0.29, 0.717) is 23.6 Å². The van der Waals surface area contributed by atoms with E-state index in [1.807, 2.05) is 6.92 Å². The number of carbonyl (C=O) groups excluding carboxylic acids is 1. The molecule has 25 heavy (non-hydrogen) atoms. The van der Waals surface area contributed by atoms with E-state index in [4.69, 9.17) is 4.74 Å². The van der Waals surface area contributed by atoms with Crippen molar-refractivity contribution in [3.05, 3.63) is 59.7 Å². The number of carbonyl (C=O) groups is 1. The molecular weight excluding hydrogens is 340 g/mol. The molecule has 1 N–H and O–H groups in total. The minimum atomic E-state index is -3.23. The number of nitrogens with zero attached hydrogens (tertiary/aromatic N) is 1. The zero-order valence-corrected chi connectivity index (χ0v) is 15.1. The lowest BCUT2D eigenvalue weighted by Crippen LogP contribution is -2.19. The molecule has 132 valence electrons. The van der Waals surface area contributed by atoms with Gasteiger partial charge in [-0.15, -0.1) is 0 Å². The summed E-state index contributed by atoms with van der Waals surface area (Å²) in [7, 11) is -3.23. The van der Waals surface area contributed by atoms with E-state index in [9.17, 15) is 13.2 Å². The molecule has 0 radical (unpaired) electrons. The third kappa shape index (κ3) is 5.15. The van der Waals surface area contributed by atoms with Crippen LogP contribution in [-0.4, -0.2) is 32.9 Å². The van der Waals surface area contributed by atoms with E-state index in [-0.39, 0.29) is 10.8 Å². The molecule has 6 nitrogen and oxygen atoms in total. The van der Waals surface area contributed by atoms with Gasteiger partial charge in [-0.05, 0) is 55.8 Å². The fourth-order valence-corrected chi connectivity index (χ4v) is 2.71. The van der Waals surface area contributed by atoms with Crippen molar-refractivity contribution in [1.29, 1.82) is 0 Å². The maximum absolute atomic E-state index is 12.1. The van der Waals surface area contributed by atoms with Crippen molar-refractivity contribution >= 4 is 21.5 Å². The summed E-state index contributed by atoms with van der Waals surface area (Å²) in [6, 6.07) is 13.1. The SMILES string of the molecule is CCOc1ccc(C(=O)N/N=C(/C)c2ccc(S(C)(=O)=O)cc2)cc1. The van der Waals surface area contributed by atoms with Crippen LogP contribution in [0.2, 0.25) is 0 Å². The molecule has 7 heteroatoms. The molecule has 0 fully saturated rings. The Labute approximate surface area is 147 Å². The first kappa shape index (κ1) is 18.7. The molecule has 2 aromatic rings. The van der Waals surface area contributed by atoms with Gasteiger partial charge in [-0.25, -0.2) is 13.8 Å². The molecule has 0 heterocycles. The van der Waals surface area contributed by atoms with Crippen molar-refractivity contribution in [2.24, 2.45) is 5.10 Å². The molecule has 0 bridgehead atoms.